The first-order chi connectivity index (χ1) is 11.6. The molecule has 0 atom stereocenters. The summed E-state index contributed by atoms with van der Waals surface area (Å²) in [5.41, 5.74) is 0.667. The molecule has 1 aliphatic heterocycles. The molecule has 1 heterocycles. The third-order valence-corrected chi connectivity index (χ3v) is 4.69. The van der Waals surface area contributed by atoms with Gasteiger partial charge in [-0.15, -0.1) is 0 Å². The predicted octanol–water partition coefficient (Wildman–Crippen LogP) is 2.81. The van der Waals surface area contributed by atoms with Crippen molar-refractivity contribution >= 4 is 11.8 Å². The highest BCUT2D eigenvalue weighted by molar-refractivity contribution is 5.94. The number of hydrogen-bond acceptors (Lipinski definition) is 3. The fraction of sp³-hybridized carbons (Fsp3) is 0.579. The number of piperidine rings is 1. The maximum Gasteiger partial charge on any atom is 0.253 e. The molecule has 2 rings (SSSR count). The SMILES string of the molecule is CCCCN(C)C(=O)C1CCN(C(=O)c2ccc(OC)cc2)CC1. The second-order valence-electron chi connectivity index (χ2n) is 6.41. The van der Waals surface area contributed by atoms with Crippen LogP contribution in [-0.2, 0) is 4.79 Å². The number of amides is 2. The Hall–Kier alpha value is -2.04. The number of likely N-dealkylation sites (tertiary alicyclic amines) is 1. The molecule has 0 radical (unpaired) electrons. The van der Waals surface area contributed by atoms with Crippen LogP contribution in [0.25, 0.3) is 0 Å². The van der Waals surface area contributed by atoms with E-state index >= 15 is 0 Å². The van der Waals surface area contributed by atoms with Crippen LogP contribution in [-0.4, -0.2) is 55.4 Å². The van der Waals surface area contributed by atoms with Crippen molar-refractivity contribution in [3.63, 3.8) is 0 Å². The molecule has 1 saturated heterocycles. The molecule has 0 aromatic heterocycles. The van der Waals surface area contributed by atoms with Gasteiger partial charge in [-0.25, -0.2) is 0 Å². The number of ether oxygens (including phenoxy) is 1. The zero-order valence-electron chi connectivity index (χ0n) is 15.0. The molecular weight excluding hydrogens is 304 g/mol. The van der Waals surface area contributed by atoms with Crippen molar-refractivity contribution in [3.05, 3.63) is 29.8 Å². The molecule has 1 aliphatic rings. The van der Waals surface area contributed by atoms with Gasteiger partial charge in [0.25, 0.3) is 5.91 Å². The average molecular weight is 332 g/mol. The molecule has 1 fully saturated rings. The summed E-state index contributed by atoms with van der Waals surface area (Å²) in [5.74, 6) is 1.04. The van der Waals surface area contributed by atoms with Crippen molar-refractivity contribution in [3.8, 4) is 5.75 Å². The molecule has 0 bridgehead atoms. The number of unbranched alkanes of at least 4 members (excludes halogenated alkanes) is 1. The molecule has 0 N–H and O–H groups in total. The molecule has 0 unspecified atom stereocenters. The van der Waals surface area contributed by atoms with Crippen LogP contribution in [0.15, 0.2) is 24.3 Å². The summed E-state index contributed by atoms with van der Waals surface area (Å²) in [5, 5.41) is 0. The lowest BCUT2D eigenvalue weighted by Crippen LogP contribution is -2.43. The Balaban J connectivity index is 1.87. The van der Waals surface area contributed by atoms with Gasteiger partial charge < -0.3 is 14.5 Å². The Bertz CT molecular complexity index is 548. The van der Waals surface area contributed by atoms with Gasteiger partial charge in [0.15, 0.2) is 0 Å². The third-order valence-electron chi connectivity index (χ3n) is 4.69. The average Bonchev–Trinajstić information content (AvgIpc) is 2.65. The van der Waals surface area contributed by atoms with E-state index in [1.807, 2.05) is 16.8 Å². The van der Waals surface area contributed by atoms with E-state index in [1.165, 1.54) is 0 Å². The highest BCUT2D eigenvalue weighted by Crippen LogP contribution is 2.22. The van der Waals surface area contributed by atoms with Crippen molar-refractivity contribution in [2.24, 2.45) is 5.92 Å². The van der Waals surface area contributed by atoms with Gasteiger partial charge in [-0.1, -0.05) is 13.3 Å². The van der Waals surface area contributed by atoms with Crippen LogP contribution in [0.1, 0.15) is 43.0 Å². The number of nitrogens with zero attached hydrogens (tertiary/aromatic N) is 2. The van der Waals surface area contributed by atoms with Gasteiger partial charge >= 0.3 is 0 Å². The highest BCUT2D eigenvalue weighted by atomic mass is 16.5. The predicted molar refractivity (Wildman–Crippen MR) is 94.2 cm³/mol. The Morgan fingerprint density at radius 1 is 1.21 bits per heavy atom. The summed E-state index contributed by atoms with van der Waals surface area (Å²) in [6.45, 7) is 4.23. The Labute approximate surface area is 144 Å². The Kier molecular flexibility index (Phi) is 6.64. The van der Waals surface area contributed by atoms with E-state index in [0.29, 0.717) is 18.7 Å². The monoisotopic (exact) mass is 332 g/mol. The number of carbonyl (C=O) groups excluding carboxylic acids is 2. The molecule has 1 aromatic rings. The zero-order valence-corrected chi connectivity index (χ0v) is 15.0. The van der Waals surface area contributed by atoms with Crippen LogP contribution in [0.4, 0.5) is 0 Å². The minimum Gasteiger partial charge on any atom is -0.497 e. The molecule has 0 aliphatic carbocycles. The fourth-order valence-electron chi connectivity index (χ4n) is 3.06. The van der Waals surface area contributed by atoms with Gasteiger partial charge in [-0.05, 0) is 43.5 Å². The second kappa shape index (κ2) is 8.71. The summed E-state index contributed by atoms with van der Waals surface area (Å²) in [6.07, 6.45) is 3.62. The minimum absolute atomic E-state index is 0.0305. The van der Waals surface area contributed by atoms with E-state index in [4.69, 9.17) is 4.74 Å². The van der Waals surface area contributed by atoms with Crippen molar-refractivity contribution in [1.82, 2.24) is 9.80 Å². The van der Waals surface area contributed by atoms with Gasteiger partial charge in [-0.3, -0.25) is 9.59 Å². The van der Waals surface area contributed by atoms with Crippen molar-refractivity contribution in [2.45, 2.75) is 32.6 Å². The topological polar surface area (TPSA) is 49.9 Å². The summed E-state index contributed by atoms with van der Waals surface area (Å²) in [6, 6.07) is 7.17. The number of carbonyl (C=O) groups is 2. The van der Waals surface area contributed by atoms with E-state index in [1.54, 1.807) is 31.4 Å². The van der Waals surface area contributed by atoms with Crippen LogP contribution in [0.5, 0.6) is 5.75 Å². The summed E-state index contributed by atoms with van der Waals surface area (Å²) >= 11 is 0. The van der Waals surface area contributed by atoms with E-state index in [9.17, 15) is 9.59 Å². The Morgan fingerprint density at radius 3 is 2.38 bits per heavy atom. The molecule has 132 valence electrons. The summed E-state index contributed by atoms with van der Waals surface area (Å²) < 4.78 is 5.12. The molecule has 0 saturated carbocycles. The first kappa shape index (κ1) is 18.3. The molecular formula is C19H28N2O3. The van der Waals surface area contributed by atoms with Gasteiger partial charge in [0.2, 0.25) is 5.91 Å². The van der Waals surface area contributed by atoms with Gasteiger partial charge in [0.05, 0.1) is 7.11 Å². The second-order valence-corrected chi connectivity index (χ2v) is 6.41. The third kappa shape index (κ3) is 4.49. The van der Waals surface area contributed by atoms with E-state index < -0.39 is 0 Å². The number of hydrogen-bond donors (Lipinski definition) is 0. The van der Waals surface area contributed by atoms with Crippen LogP contribution in [0.3, 0.4) is 0 Å². The van der Waals surface area contributed by atoms with Crippen molar-refractivity contribution in [1.29, 1.82) is 0 Å². The lowest BCUT2D eigenvalue weighted by atomic mass is 9.94. The van der Waals surface area contributed by atoms with Gasteiger partial charge in [0, 0.05) is 38.2 Å². The van der Waals surface area contributed by atoms with Gasteiger partial charge in [-0.2, -0.15) is 0 Å². The smallest absolute Gasteiger partial charge is 0.253 e. The maximum absolute atomic E-state index is 12.5. The highest BCUT2D eigenvalue weighted by Gasteiger charge is 2.29. The van der Waals surface area contributed by atoms with E-state index in [0.717, 1.165) is 38.0 Å². The molecule has 0 spiro atoms. The largest absolute Gasteiger partial charge is 0.497 e. The lowest BCUT2D eigenvalue weighted by molar-refractivity contribution is -0.135. The molecule has 5 nitrogen and oxygen atoms in total. The quantitative estimate of drug-likeness (QED) is 0.805. The zero-order chi connectivity index (χ0) is 17.5. The van der Waals surface area contributed by atoms with Gasteiger partial charge in [0.1, 0.15) is 5.75 Å². The molecule has 5 heteroatoms. The maximum atomic E-state index is 12.5. The number of methoxy groups -OCH3 is 1. The molecule has 24 heavy (non-hydrogen) atoms. The minimum atomic E-state index is 0.0305. The summed E-state index contributed by atoms with van der Waals surface area (Å²) in [4.78, 5) is 28.7. The van der Waals surface area contributed by atoms with E-state index in [2.05, 4.69) is 6.92 Å². The summed E-state index contributed by atoms with van der Waals surface area (Å²) in [7, 11) is 3.49. The first-order valence-corrected chi connectivity index (χ1v) is 8.75. The first-order valence-electron chi connectivity index (χ1n) is 8.75. The normalized spacial score (nSPS) is 15.2. The standard InChI is InChI=1S/C19H28N2O3/c1-4-5-12-20(2)18(22)16-10-13-21(14-11-16)19(23)15-6-8-17(24-3)9-7-15/h6-9,16H,4-5,10-14H2,1-3H3. The number of benzene rings is 1. The lowest BCUT2D eigenvalue weighted by Gasteiger charge is -2.33. The number of rotatable bonds is 6. The van der Waals surface area contributed by atoms with E-state index in [-0.39, 0.29) is 17.7 Å². The van der Waals surface area contributed by atoms with Crippen LogP contribution >= 0.6 is 0 Å². The van der Waals surface area contributed by atoms with Crippen LogP contribution in [0, 0.1) is 5.92 Å². The van der Waals surface area contributed by atoms with Crippen LogP contribution < -0.4 is 4.74 Å². The molecule has 2 amide bonds. The fourth-order valence-corrected chi connectivity index (χ4v) is 3.06. The van der Waals surface area contributed by atoms with Crippen molar-refractivity contribution < 1.29 is 14.3 Å². The Morgan fingerprint density at radius 2 is 1.83 bits per heavy atom. The molecule has 1 aromatic carbocycles. The van der Waals surface area contributed by atoms with Crippen LogP contribution in [0.2, 0.25) is 0 Å². The van der Waals surface area contributed by atoms with Crippen molar-refractivity contribution in [2.75, 3.05) is 33.8 Å².